The highest BCUT2D eigenvalue weighted by atomic mass is 32.2. The molecule has 1 aromatic heterocycles. The summed E-state index contributed by atoms with van der Waals surface area (Å²) < 4.78 is 17.1. The topological polar surface area (TPSA) is 106 Å². The highest BCUT2D eigenvalue weighted by molar-refractivity contribution is 7.93. The molecule has 1 aliphatic carbocycles. The number of aryl methyl sites for hydroxylation is 1. The van der Waals surface area contributed by atoms with Gasteiger partial charge in [-0.05, 0) is 72.8 Å². The van der Waals surface area contributed by atoms with Gasteiger partial charge in [-0.3, -0.25) is 4.79 Å². The second-order valence-corrected chi connectivity index (χ2v) is 12.5. The van der Waals surface area contributed by atoms with Crippen LogP contribution < -0.4 is 5.14 Å². The maximum absolute atomic E-state index is 13.0. The number of carbonyl (C=O) groups excluding carboxylic acids is 1. The predicted molar refractivity (Wildman–Crippen MR) is 126 cm³/mol. The number of thiazole rings is 1. The van der Waals surface area contributed by atoms with Crippen LogP contribution in [-0.4, -0.2) is 20.2 Å². The van der Waals surface area contributed by atoms with E-state index in [1.165, 1.54) is 28.5 Å². The van der Waals surface area contributed by atoms with Crippen LogP contribution in [0.5, 0.6) is 0 Å². The van der Waals surface area contributed by atoms with Gasteiger partial charge in [0.15, 0.2) is 9.92 Å². The van der Waals surface area contributed by atoms with E-state index in [0.717, 1.165) is 36.2 Å². The van der Waals surface area contributed by atoms with Crippen LogP contribution in [-0.2, 0) is 39.6 Å². The normalized spacial score (nSPS) is 15.9. The summed E-state index contributed by atoms with van der Waals surface area (Å²) in [5, 5.41) is 16.4. The molecule has 0 bridgehead atoms. The van der Waals surface area contributed by atoms with Crippen molar-refractivity contribution in [1.29, 1.82) is 0 Å². The second kappa shape index (κ2) is 8.73. The van der Waals surface area contributed by atoms with Crippen molar-refractivity contribution >= 4 is 27.2 Å². The molecule has 1 unspecified atom stereocenters. The summed E-state index contributed by atoms with van der Waals surface area (Å²) in [5.74, 6) is 0.0585. The first-order valence-corrected chi connectivity index (χ1v) is 13.1. The van der Waals surface area contributed by atoms with Gasteiger partial charge in [0, 0.05) is 0 Å². The third kappa shape index (κ3) is 5.08. The summed E-state index contributed by atoms with van der Waals surface area (Å²) >= 11 is 1.02. The van der Waals surface area contributed by atoms with Gasteiger partial charge in [0.25, 0.3) is 5.91 Å². The molecule has 2 aromatic rings. The number of hydrogen-bond acceptors (Lipinski definition) is 5. The van der Waals surface area contributed by atoms with Crippen molar-refractivity contribution in [2.24, 2.45) is 9.50 Å². The van der Waals surface area contributed by atoms with Crippen LogP contribution >= 0.6 is 11.3 Å². The van der Waals surface area contributed by atoms with E-state index >= 15 is 0 Å². The maximum Gasteiger partial charge on any atom is 0.259 e. The minimum atomic E-state index is -3.43. The fraction of sp³-hybridized carbons (Fsp3) is 0.565. The molecule has 0 fully saturated rings. The van der Waals surface area contributed by atoms with Crippen LogP contribution in [0.4, 0.5) is 0 Å². The molecular formula is C23H33N3O3S2. The van der Waals surface area contributed by atoms with Crippen molar-refractivity contribution in [1.82, 2.24) is 4.98 Å². The van der Waals surface area contributed by atoms with Crippen molar-refractivity contribution in [3.8, 4) is 0 Å². The fourth-order valence-corrected chi connectivity index (χ4v) is 6.45. The van der Waals surface area contributed by atoms with E-state index in [0.29, 0.717) is 5.01 Å². The molecule has 0 aliphatic heterocycles. The zero-order valence-corrected chi connectivity index (χ0v) is 20.8. The number of aromatic nitrogens is 1. The van der Waals surface area contributed by atoms with E-state index in [9.17, 15) is 14.1 Å². The van der Waals surface area contributed by atoms with E-state index in [2.05, 4.69) is 43.1 Å². The molecule has 3 N–H and O–H groups in total. The number of benzene rings is 1. The van der Waals surface area contributed by atoms with Gasteiger partial charge in [0.2, 0.25) is 0 Å². The molecule has 0 spiro atoms. The van der Waals surface area contributed by atoms with E-state index in [-0.39, 0.29) is 22.5 Å². The molecule has 1 amide bonds. The number of nitrogens with zero attached hydrogens (tertiary/aromatic N) is 2. The Balaban J connectivity index is 2.01. The standard InChI is InChI=1S/C23H33N3O3S2/c1-13(2)17-10-15-8-7-9-16(15)21(14(3)4)18(17)11-19(27)26-31(24,29)20-12-25-22(30-20)23(5,6)28/h10,12-14,28H,7-9,11H2,1-6H3,(H2,24,26,27,29). The number of fused-ring (bicyclic) bond motifs is 1. The third-order valence-corrected chi connectivity index (χ3v) is 8.88. The monoisotopic (exact) mass is 463 g/mol. The molecule has 1 heterocycles. The number of hydrogen-bond donors (Lipinski definition) is 2. The van der Waals surface area contributed by atoms with Gasteiger partial charge in [0.1, 0.15) is 14.8 Å². The molecule has 1 atom stereocenters. The van der Waals surface area contributed by atoms with E-state index < -0.39 is 21.4 Å². The molecule has 0 saturated carbocycles. The van der Waals surface area contributed by atoms with Gasteiger partial charge in [-0.15, -0.1) is 15.7 Å². The highest BCUT2D eigenvalue weighted by Crippen LogP contribution is 2.38. The molecule has 31 heavy (non-hydrogen) atoms. The zero-order valence-electron chi connectivity index (χ0n) is 19.2. The molecule has 1 aromatic carbocycles. The summed E-state index contributed by atoms with van der Waals surface area (Å²) in [6.45, 7) is 11.8. The van der Waals surface area contributed by atoms with Gasteiger partial charge in [-0.1, -0.05) is 33.8 Å². The van der Waals surface area contributed by atoms with Crippen molar-refractivity contribution in [2.45, 2.75) is 88.9 Å². The second-order valence-electron chi connectivity index (χ2n) is 9.43. The lowest BCUT2D eigenvalue weighted by Gasteiger charge is -2.23. The van der Waals surface area contributed by atoms with Gasteiger partial charge in [-0.25, -0.2) is 14.3 Å². The quantitative estimate of drug-likeness (QED) is 0.654. The SMILES string of the molecule is CC(C)c1cc2c(c(C(C)C)c1CC(=O)N=S(N)(=O)c1cnc(C(C)(C)O)s1)CCC2. The lowest BCUT2D eigenvalue weighted by Crippen LogP contribution is -2.17. The molecule has 1 aliphatic rings. The molecule has 170 valence electrons. The summed E-state index contributed by atoms with van der Waals surface area (Å²) in [6, 6.07) is 2.25. The fourth-order valence-electron chi connectivity index (χ4n) is 4.31. The molecular weight excluding hydrogens is 430 g/mol. The van der Waals surface area contributed by atoms with Crippen LogP contribution in [0.3, 0.4) is 0 Å². The average molecular weight is 464 g/mol. The van der Waals surface area contributed by atoms with Crippen molar-refractivity contribution in [2.75, 3.05) is 0 Å². The number of rotatable bonds is 6. The van der Waals surface area contributed by atoms with Gasteiger partial charge in [0.05, 0.1) is 12.6 Å². The molecule has 0 saturated heterocycles. The first-order valence-electron chi connectivity index (χ1n) is 10.7. The Morgan fingerprint density at radius 2 is 1.97 bits per heavy atom. The smallest absolute Gasteiger partial charge is 0.259 e. The van der Waals surface area contributed by atoms with Crippen LogP contribution in [0.25, 0.3) is 0 Å². The summed E-state index contributed by atoms with van der Waals surface area (Å²) in [6.07, 6.45) is 4.68. The Morgan fingerprint density at radius 1 is 1.29 bits per heavy atom. The van der Waals surface area contributed by atoms with Gasteiger partial charge in [-0.2, -0.15) is 0 Å². The lowest BCUT2D eigenvalue weighted by molar-refractivity contribution is -0.117. The first-order chi connectivity index (χ1) is 14.3. The van der Waals surface area contributed by atoms with Crippen LogP contribution in [0, 0.1) is 0 Å². The van der Waals surface area contributed by atoms with Crippen LogP contribution in [0.2, 0.25) is 0 Å². The Kier molecular flexibility index (Phi) is 6.77. The molecule has 0 radical (unpaired) electrons. The zero-order chi connectivity index (χ0) is 23.1. The Bertz CT molecular complexity index is 1120. The van der Waals surface area contributed by atoms with Gasteiger partial charge < -0.3 is 5.11 Å². The van der Waals surface area contributed by atoms with Crippen molar-refractivity contribution < 1.29 is 14.1 Å². The predicted octanol–water partition coefficient (Wildman–Crippen LogP) is 4.58. The summed E-state index contributed by atoms with van der Waals surface area (Å²) in [5.41, 5.74) is 5.01. The number of aliphatic hydroxyl groups is 1. The largest absolute Gasteiger partial charge is 0.383 e. The molecule has 8 heteroatoms. The Hall–Kier alpha value is -1.61. The van der Waals surface area contributed by atoms with E-state index in [1.807, 2.05) is 0 Å². The third-order valence-electron chi connectivity index (χ3n) is 5.65. The Labute approximate surface area is 189 Å². The molecule has 3 rings (SSSR count). The number of amides is 1. The maximum atomic E-state index is 13.0. The first kappa shape index (κ1) is 24.0. The van der Waals surface area contributed by atoms with E-state index in [1.54, 1.807) is 13.8 Å². The van der Waals surface area contributed by atoms with Crippen molar-refractivity contribution in [3.05, 3.63) is 45.1 Å². The highest BCUT2D eigenvalue weighted by Gasteiger charge is 2.27. The number of carbonyl (C=O) groups is 1. The number of nitrogens with two attached hydrogens (primary N) is 1. The average Bonchev–Trinajstić information content (AvgIpc) is 3.29. The van der Waals surface area contributed by atoms with Crippen molar-refractivity contribution in [3.63, 3.8) is 0 Å². The lowest BCUT2D eigenvalue weighted by atomic mass is 9.82. The molecule has 6 nitrogen and oxygen atoms in total. The summed E-state index contributed by atoms with van der Waals surface area (Å²) in [4.78, 5) is 17.1. The minimum Gasteiger partial charge on any atom is -0.383 e. The van der Waals surface area contributed by atoms with Crippen LogP contribution in [0.1, 0.15) is 92.6 Å². The summed E-state index contributed by atoms with van der Waals surface area (Å²) in [7, 11) is -3.43. The van der Waals surface area contributed by atoms with Crippen LogP contribution in [0.15, 0.2) is 20.8 Å². The minimum absolute atomic E-state index is 0.0830. The van der Waals surface area contributed by atoms with E-state index in [4.69, 9.17) is 5.14 Å². The Morgan fingerprint density at radius 3 is 2.52 bits per heavy atom. The van der Waals surface area contributed by atoms with Gasteiger partial charge >= 0.3 is 0 Å².